The third-order valence-corrected chi connectivity index (χ3v) is 4.88. The highest BCUT2D eigenvalue weighted by molar-refractivity contribution is 7.86. The smallest absolute Gasteiger partial charge is 0.281 e. The average molecular weight is 323 g/mol. The zero-order valence-corrected chi connectivity index (χ0v) is 14.4. The first kappa shape index (κ1) is 20.8. The number of aliphatic hydroxyl groups is 1. The molecule has 0 spiro atoms. The maximum Gasteiger partial charge on any atom is 0.281 e. The molecule has 0 saturated heterocycles. The summed E-state index contributed by atoms with van der Waals surface area (Å²) in [6.07, 6.45) is 10.7. The summed E-state index contributed by atoms with van der Waals surface area (Å²) in [6.45, 7) is 3.86. The van der Waals surface area contributed by atoms with Crippen LogP contribution >= 0.6 is 0 Å². The molecular weight excluding hydrogens is 290 g/mol. The Morgan fingerprint density at radius 2 is 1.38 bits per heavy atom. The van der Waals surface area contributed by atoms with Gasteiger partial charge < -0.3 is 5.11 Å². The number of hydrogen-bond acceptors (Lipinski definition) is 4. The fraction of sp³-hybridized carbons (Fsp3) is 1.00. The minimum Gasteiger partial charge on any atom is -0.379 e. The molecule has 2 atom stereocenters. The molecule has 0 aliphatic carbocycles. The lowest BCUT2D eigenvalue weighted by Crippen LogP contribution is -2.42. The summed E-state index contributed by atoms with van der Waals surface area (Å²) in [5.74, 6) is 0. The molecule has 0 aromatic rings. The molecule has 0 rings (SSSR count). The SMILES string of the molecule is CCCCCCCCCCCC(O)NC(CC)S(=O)(=O)O. The molecule has 21 heavy (non-hydrogen) atoms. The quantitative estimate of drug-likeness (QED) is 0.259. The van der Waals surface area contributed by atoms with Crippen LogP contribution in [0.2, 0.25) is 0 Å². The molecule has 5 nitrogen and oxygen atoms in total. The first-order chi connectivity index (χ1) is 9.91. The van der Waals surface area contributed by atoms with Crippen molar-refractivity contribution in [3.05, 3.63) is 0 Å². The van der Waals surface area contributed by atoms with Gasteiger partial charge in [0.2, 0.25) is 0 Å². The molecule has 0 aromatic heterocycles. The van der Waals surface area contributed by atoms with Crippen LogP contribution in [0.25, 0.3) is 0 Å². The summed E-state index contributed by atoms with van der Waals surface area (Å²) in [5.41, 5.74) is 0. The van der Waals surface area contributed by atoms with Crippen molar-refractivity contribution in [1.29, 1.82) is 0 Å². The molecule has 0 amide bonds. The van der Waals surface area contributed by atoms with Crippen LogP contribution in [0.4, 0.5) is 0 Å². The van der Waals surface area contributed by atoms with Gasteiger partial charge in [0.05, 0.1) is 0 Å². The lowest BCUT2D eigenvalue weighted by molar-refractivity contribution is 0.118. The Kier molecular flexibility index (Phi) is 12.3. The topological polar surface area (TPSA) is 86.6 Å². The van der Waals surface area contributed by atoms with Crippen molar-refractivity contribution < 1.29 is 18.1 Å². The molecule has 0 saturated carbocycles. The molecule has 3 N–H and O–H groups in total. The van der Waals surface area contributed by atoms with E-state index in [4.69, 9.17) is 4.55 Å². The second kappa shape index (κ2) is 12.4. The van der Waals surface area contributed by atoms with Gasteiger partial charge in [0.1, 0.15) is 11.6 Å². The maximum atomic E-state index is 11.0. The van der Waals surface area contributed by atoms with E-state index in [1.54, 1.807) is 6.92 Å². The predicted molar refractivity (Wildman–Crippen MR) is 86.6 cm³/mol. The molecule has 0 fully saturated rings. The predicted octanol–water partition coefficient (Wildman–Crippen LogP) is 3.44. The summed E-state index contributed by atoms with van der Waals surface area (Å²) in [7, 11) is -4.13. The molecule has 0 radical (unpaired) electrons. The Morgan fingerprint density at radius 3 is 1.81 bits per heavy atom. The zero-order valence-electron chi connectivity index (χ0n) is 13.6. The maximum absolute atomic E-state index is 11.0. The molecule has 0 aliphatic heterocycles. The van der Waals surface area contributed by atoms with Crippen LogP contribution in [0.15, 0.2) is 0 Å². The van der Waals surface area contributed by atoms with E-state index in [2.05, 4.69) is 12.2 Å². The monoisotopic (exact) mass is 323 g/mol. The van der Waals surface area contributed by atoms with Crippen molar-refractivity contribution in [3.63, 3.8) is 0 Å². The minimum atomic E-state index is -4.13. The van der Waals surface area contributed by atoms with Crippen LogP contribution in [0, 0.1) is 0 Å². The lowest BCUT2D eigenvalue weighted by atomic mass is 10.1. The summed E-state index contributed by atoms with van der Waals surface area (Å²) in [4.78, 5) is 0. The number of aliphatic hydroxyl groups excluding tert-OH is 1. The van der Waals surface area contributed by atoms with Crippen molar-refractivity contribution in [3.8, 4) is 0 Å². The number of rotatable bonds is 14. The molecule has 0 aliphatic rings. The van der Waals surface area contributed by atoms with Gasteiger partial charge >= 0.3 is 0 Å². The van der Waals surface area contributed by atoms with E-state index in [1.807, 2.05) is 0 Å². The Labute approximate surface area is 130 Å². The van der Waals surface area contributed by atoms with Crippen molar-refractivity contribution >= 4 is 10.1 Å². The number of hydrogen-bond donors (Lipinski definition) is 3. The highest BCUT2D eigenvalue weighted by atomic mass is 32.2. The lowest BCUT2D eigenvalue weighted by Gasteiger charge is -2.18. The van der Waals surface area contributed by atoms with Gasteiger partial charge in [0.15, 0.2) is 0 Å². The minimum absolute atomic E-state index is 0.230. The van der Waals surface area contributed by atoms with Gasteiger partial charge in [-0.15, -0.1) is 0 Å². The summed E-state index contributed by atoms with van der Waals surface area (Å²) < 4.78 is 31.0. The third-order valence-electron chi connectivity index (χ3n) is 3.69. The van der Waals surface area contributed by atoms with Crippen LogP contribution in [0.1, 0.15) is 84.5 Å². The van der Waals surface area contributed by atoms with Gasteiger partial charge in [-0.2, -0.15) is 8.42 Å². The van der Waals surface area contributed by atoms with Gasteiger partial charge in [0.25, 0.3) is 10.1 Å². The van der Waals surface area contributed by atoms with Crippen molar-refractivity contribution in [2.45, 2.75) is 96.1 Å². The van der Waals surface area contributed by atoms with Crippen LogP contribution in [-0.2, 0) is 10.1 Å². The molecule has 0 bridgehead atoms. The van der Waals surface area contributed by atoms with E-state index in [0.29, 0.717) is 6.42 Å². The van der Waals surface area contributed by atoms with E-state index < -0.39 is 21.7 Å². The van der Waals surface area contributed by atoms with Crippen molar-refractivity contribution in [2.75, 3.05) is 0 Å². The van der Waals surface area contributed by atoms with Gasteiger partial charge in [-0.3, -0.25) is 9.87 Å². The summed E-state index contributed by atoms with van der Waals surface area (Å²) in [5, 5.41) is 11.2. The van der Waals surface area contributed by atoms with Gasteiger partial charge in [-0.25, -0.2) is 0 Å². The largest absolute Gasteiger partial charge is 0.379 e. The van der Waals surface area contributed by atoms with E-state index in [9.17, 15) is 13.5 Å². The molecule has 0 aromatic carbocycles. The van der Waals surface area contributed by atoms with Gasteiger partial charge in [0, 0.05) is 0 Å². The summed E-state index contributed by atoms with van der Waals surface area (Å²) in [6, 6.07) is 0. The Morgan fingerprint density at radius 1 is 0.905 bits per heavy atom. The fourth-order valence-corrected chi connectivity index (χ4v) is 3.11. The molecule has 128 valence electrons. The van der Waals surface area contributed by atoms with Crippen molar-refractivity contribution in [1.82, 2.24) is 5.32 Å². The zero-order chi connectivity index (χ0) is 16.1. The van der Waals surface area contributed by atoms with E-state index in [1.165, 1.54) is 38.5 Å². The Balaban J connectivity index is 3.55. The van der Waals surface area contributed by atoms with Crippen LogP contribution in [-0.4, -0.2) is 29.7 Å². The van der Waals surface area contributed by atoms with E-state index in [-0.39, 0.29) is 6.42 Å². The average Bonchev–Trinajstić information content (AvgIpc) is 2.41. The van der Waals surface area contributed by atoms with E-state index >= 15 is 0 Å². The van der Waals surface area contributed by atoms with Gasteiger partial charge in [-0.05, 0) is 19.3 Å². The van der Waals surface area contributed by atoms with E-state index in [0.717, 1.165) is 19.3 Å². The van der Waals surface area contributed by atoms with Gasteiger partial charge in [-0.1, -0.05) is 65.2 Å². The molecule has 0 heterocycles. The molecule has 2 unspecified atom stereocenters. The molecular formula is C15H33NO4S. The normalized spacial score (nSPS) is 15.0. The first-order valence-corrected chi connectivity index (χ1v) is 9.82. The Bertz CT molecular complexity index is 333. The summed E-state index contributed by atoms with van der Waals surface area (Å²) >= 11 is 0. The van der Waals surface area contributed by atoms with Crippen LogP contribution in [0.5, 0.6) is 0 Å². The van der Waals surface area contributed by atoms with Crippen LogP contribution in [0.3, 0.4) is 0 Å². The Hall–Kier alpha value is -0.170. The highest BCUT2D eigenvalue weighted by Gasteiger charge is 2.22. The number of nitrogens with one attached hydrogen (secondary N) is 1. The second-order valence-corrected chi connectivity index (χ2v) is 7.31. The highest BCUT2D eigenvalue weighted by Crippen LogP contribution is 2.11. The van der Waals surface area contributed by atoms with Crippen LogP contribution < -0.4 is 5.32 Å². The second-order valence-electron chi connectivity index (χ2n) is 5.71. The fourth-order valence-electron chi connectivity index (χ4n) is 2.36. The first-order valence-electron chi connectivity index (χ1n) is 8.32. The standard InChI is InChI=1S/C15H33NO4S/c1-3-5-6-7-8-9-10-11-12-13-14(17)16-15(4-2)21(18,19)20/h14-17H,3-13H2,1-2H3,(H,18,19,20). The third kappa shape index (κ3) is 12.1. The van der Waals surface area contributed by atoms with Crippen molar-refractivity contribution in [2.24, 2.45) is 0 Å². The number of unbranched alkanes of at least 4 members (excludes halogenated alkanes) is 8. The molecule has 6 heteroatoms.